The maximum absolute atomic E-state index is 12.5. The molecule has 126 valence electrons. The molecule has 1 aliphatic rings. The van der Waals surface area contributed by atoms with Crippen LogP contribution in [-0.2, 0) is 11.2 Å². The summed E-state index contributed by atoms with van der Waals surface area (Å²) < 4.78 is 0. The number of nitrogens with two attached hydrogens (primary N) is 1. The van der Waals surface area contributed by atoms with Crippen molar-refractivity contribution in [2.45, 2.75) is 45.6 Å². The van der Waals surface area contributed by atoms with Gasteiger partial charge in [0.25, 0.3) is 0 Å². The summed E-state index contributed by atoms with van der Waals surface area (Å²) >= 11 is 1.75. The minimum absolute atomic E-state index is 0. The molecule has 0 aromatic carbocycles. The first-order chi connectivity index (χ1) is 9.97. The van der Waals surface area contributed by atoms with Crippen molar-refractivity contribution in [1.82, 2.24) is 9.88 Å². The van der Waals surface area contributed by atoms with Gasteiger partial charge >= 0.3 is 0 Å². The van der Waals surface area contributed by atoms with Gasteiger partial charge in [0.1, 0.15) is 0 Å². The van der Waals surface area contributed by atoms with E-state index in [1.165, 1.54) is 4.88 Å². The summed E-state index contributed by atoms with van der Waals surface area (Å²) in [5, 5.41) is 1.07. The molecular weight excluding hydrogens is 320 g/mol. The van der Waals surface area contributed by atoms with Crippen molar-refractivity contribution in [3.05, 3.63) is 11.1 Å². The minimum atomic E-state index is -0.729. The van der Waals surface area contributed by atoms with Crippen molar-refractivity contribution in [2.24, 2.45) is 5.73 Å². The van der Waals surface area contributed by atoms with E-state index < -0.39 is 5.54 Å². The molecule has 7 heteroatoms. The van der Waals surface area contributed by atoms with Crippen LogP contribution in [0.3, 0.4) is 0 Å². The molecule has 2 heterocycles. The highest BCUT2D eigenvalue weighted by molar-refractivity contribution is 7.15. The molecule has 22 heavy (non-hydrogen) atoms. The molecule has 1 atom stereocenters. The Morgan fingerprint density at radius 3 is 2.50 bits per heavy atom. The smallest absolute Gasteiger partial charge is 0.242 e. The van der Waals surface area contributed by atoms with Crippen LogP contribution in [0.1, 0.15) is 38.5 Å². The van der Waals surface area contributed by atoms with E-state index in [2.05, 4.69) is 23.7 Å². The molecule has 5 nitrogen and oxygen atoms in total. The van der Waals surface area contributed by atoms with Crippen molar-refractivity contribution < 1.29 is 4.79 Å². The Kier molecular flexibility index (Phi) is 7.09. The summed E-state index contributed by atoms with van der Waals surface area (Å²) in [7, 11) is 0. The molecule has 1 fully saturated rings. The number of aromatic nitrogens is 1. The van der Waals surface area contributed by atoms with Gasteiger partial charge in [-0.1, -0.05) is 20.3 Å². The van der Waals surface area contributed by atoms with Gasteiger partial charge in [0.05, 0.1) is 5.54 Å². The molecule has 2 N–H and O–H groups in total. The van der Waals surface area contributed by atoms with Crippen molar-refractivity contribution >= 4 is 34.8 Å². The summed E-state index contributed by atoms with van der Waals surface area (Å²) in [6, 6.07) is 0. The van der Waals surface area contributed by atoms with Crippen molar-refractivity contribution in [2.75, 3.05) is 31.1 Å². The summed E-state index contributed by atoms with van der Waals surface area (Å²) in [6.07, 6.45) is 4.64. The van der Waals surface area contributed by atoms with Gasteiger partial charge in [0, 0.05) is 37.3 Å². The van der Waals surface area contributed by atoms with Crippen LogP contribution in [0, 0.1) is 0 Å². The van der Waals surface area contributed by atoms with Gasteiger partial charge in [-0.25, -0.2) is 4.98 Å². The standard InChI is InChI=1S/C15H26N4OS.ClH/c1-4-6-15(3,16)13(20)18-7-9-19(10-8-18)14-17-11-12(5-2)21-14;/h11H,4-10,16H2,1-3H3;1H. The lowest BCUT2D eigenvalue weighted by Crippen LogP contribution is -2.58. The van der Waals surface area contributed by atoms with Gasteiger partial charge in [-0.15, -0.1) is 23.7 Å². The number of anilines is 1. The van der Waals surface area contributed by atoms with Crippen molar-refractivity contribution in [3.8, 4) is 0 Å². The fourth-order valence-electron chi connectivity index (χ4n) is 2.70. The van der Waals surface area contributed by atoms with Crippen LogP contribution >= 0.6 is 23.7 Å². The Hall–Kier alpha value is -0.850. The first-order valence-electron chi connectivity index (χ1n) is 7.75. The molecule has 1 saturated heterocycles. The van der Waals surface area contributed by atoms with E-state index in [0.29, 0.717) is 0 Å². The molecule has 1 amide bonds. The number of aryl methyl sites for hydroxylation is 1. The molecule has 0 bridgehead atoms. The predicted octanol–water partition coefficient (Wildman–Crippen LogP) is 2.29. The monoisotopic (exact) mass is 346 g/mol. The lowest BCUT2D eigenvalue weighted by molar-refractivity contribution is -0.137. The van der Waals surface area contributed by atoms with Gasteiger partial charge < -0.3 is 15.5 Å². The molecule has 1 unspecified atom stereocenters. The highest BCUT2D eigenvalue weighted by Gasteiger charge is 2.33. The normalized spacial score (nSPS) is 17.8. The third-order valence-electron chi connectivity index (χ3n) is 3.99. The van der Waals surface area contributed by atoms with Crippen molar-refractivity contribution in [1.29, 1.82) is 0 Å². The second-order valence-corrected chi connectivity index (χ2v) is 7.00. The molecule has 1 aromatic rings. The zero-order valence-electron chi connectivity index (χ0n) is 13.7. The third-order valence-corrected chi connectivity index (χ3v) is 5.19. The predicted molar refractivity (Wildman–Crippen MR) is 95.0 cm³/mol. The van der Waals surface area contributed by atoms with Crippen LogP contribution in [0.2, 0.25) is 0 Å². The van der Waals surface area contributed by atoms with Gasteiger partial charge in [0.15, 0.2) is 5.13 Å². The second kappa shape index (κ2) is 8.13. The second-order valence-electron chi connectivity index (χ2n) is 5.91. The van der Waals surface area contributed by atoms with Gasteiger partial charge in [-0.05, 0) is 19.8 Å². The number of carbonyl (C=O) groups is 1. The van der Waals surface area contributed by atoms with E-state index in [9.17, 15) is 4.79 Å². The lowest BCUT2D eigenvalue weighted by atomic mass is 9.95. The SMILES string of the molecule is CCCC(C)(N)C(=O)N1CCN(c2ncc(CC)s2)CC1.Cl. The summed E-state index contributed by atoms with van der Waals surface area (Å²) in [5.74, 6) is 0.0809. The van der Waals surface area contributed by atoms with Crippen LogP contribution in [0.25, 0.3) is 0 Å². The average molecular weight is 347 g/mol. The fraction of sp³-hybridized carbons (Fsp3) is 0.733. The number of hydrogen-bond acceptors (Lipinski definition) is 5. The zero-order valence-corrected chi connectivity index (χ0v) is 15.3. The molecule has 2 rings (SSSR count). The van der Waals surface area contributed by atoms with Crippen LogP contribution in [-0.4, -0.2) is 47.5 Å². The van der Waals surface area contributed by atoms with E-state index in [1.807, 2.05) is 18.0 Å². The van der Waals surface area contributed by atoms with Crippen LogP contribution in [0.4, 0.5) is 5.13 Å². The maximum atomic E-state index is 12.5. The summed E-state index contributed by atoms with van der Waals surface area (Å²) in [5.41, 5.74) is 5.42. The molecule has 0 radical (unpaired) electrons. The third kappa shape index (κ3) is 4.33. The average Bonchev–Trinajstić information content (AvgIpc) is 2.95. The molecule has 0 saturated carbocycles. The van der Waals surface area contributed by atoms with Crippen LogP contribution in [0.5, 0.6) is 0 Å². The Morgan fingerprint density at radius 2 is 2.00 bits per heavy atom. The number of rotatable bonds is 5. The van der Waals surface area contributed by atoms with E-state index >= 15 is 0 Å². The number of piperazine rings is 1. The van der Waals surface area contributed by atoms with Crippen LogP contribution in [0.15, 0.2) is 6.20 Å². The fourth-order valence-corrected chi connectivity index (χ4v) is 3.60. The molecule has 1 aromatic heterocycles. The number of hydrogen-bond donors (Lipinski definition) is 1. The van der Waals surface area contributed by atoms with E-state index in [1.54, 1.807) is 11.3 Å². The molecule has 0 spiro atoms. The number of amides is 1. The Bertz CT molecular complexity index is 484. The number of carbonyl (C=O) groups excluding carboxylic acids is 1. The first-order valence-corrected chi connectivity index (χ1v) is 8.57. The number of nitrogens with zero attached hydrogens (tertiary/aromatic N) is 3. The Balaban J connectivity index is 0.00000242. The number of thiazole rings is 1. The topological polar surface area (TPSA) is 62.5 Å². The quantitative estimate of drug-likeness (QED) is 0.888. The lowest BCUT2D eigenvalue weighted by Gasteiger charge is -2.38. The van der Waals surface area contributed by atoms with Gasteiger partial charge in [-0.3, -0.25) is 4.79 Å². The van der Waals surface area contributed by atoms with Crippen LogP contribution < -0.4 is 10.6 Å². The minimum Gasteiger partial charge on any atom is -0.345 e. The van der Waals surface area contributed by atoms with E-state index in [0.717, 1.165) is 50.6 Å². The highest BCUT2D eigenvalue weighted by Crippen LogP contribution is 2.24. The maximum Gasteiger partial charge on any atom is 0.242 e. The summed E-state index contributed by atoms with van der Waals surface area (Å²) in [4.78, 5) is 22.4. The highest BCUT2D eigenvalue weighted by atomic mass is 35.5. The largest absolute Gasteiger partial charge is 0.345 e. The first kappa shape index (κ1) is 19.2. The zero-order chi connectivity index (χ0) is 15.5. The summed E-state index contributed by atoms with van der Waals surface area (Å²) in [6.45, 7) is 9.19. The Morgan fingerprint density at radius 1 is 1.36 bits per heavy atom. The molecule has 0 aliphatic carbocycles. The van der Waals surface area contributed by atoms with Gasteiger partial charge in [0.2, 0.25) is 5.91 Å². The van der Waals surface area contributed by atoms with E-state index in [-0.39, 0.29) is 18.3 Å². The number of halogens is 1. The van der Waals surface area contributed by atoms with Crippen molar-refractivity contribution in [3.63, 3.8) is 0 Å². The molecule has 1 aliphatic heterocycles. The van der Waals surface area contributed by atoms with Gasteiger partial charge in [-0.2, -0.15) is 0 Å². The Labute approximate surface area is 143 Å². The molecular formula is C15H27ClN4OS. The van der Waals surface area contributed by atoms with E-state index in [4.69, 9.17) is 5.73 Å².